The number of rotatable bonds is 6. The molecule has 0 unspecified atom stereocenters. The van der Waals surface area contributed by atoms with E-state index in [1.165, 1.54) is 49.8 Å². The normalized spacial score (nSPS) is 15.3. The average molecular weight is 518 g/mol. The van der Waals surface area contributed by atoms with Crippen molar-refractivity contribution in [2.75, 3.05) is 0 Å². The molecule has 4 heterocycles. The standard InChI is InChI=1S/C33H32FN5/c1-3-29-27(15-21(2)25-17-23(19-35-20-25)16-22-7-5-4-6-8-22)33(39-38-29)31-18-28-30(37-31)13-14-36-32(28)24-9-11-26(34)12-10-24/h3,9-15,17-20,22,37-38H,2,4-8,16H2,1H3/b27-15+,29-3+. The lowest BCUT2D eigenvalue weighted by Gasteiger charge is -2.21. The Hall–Kier alpha value is -4.32. The maximum atomic E-state index is 13.5. The maximum absolute atomic E-state index is 13.5. The van der Waals surface area contributed by atoms with Crippen molar-refractivity contribution in [3.63, 3.8) is 0 Å². The van der Waals surface area contributed by atoms with Crippen molar-refractivity contribution in [1.82, 2.24) is 25.1 Å². The second kappa shape index (κ2) is 10.8. The van der Waals surface area contributed by atoms with E-state index in [0.29, 0.717) is 0 Å². The van der Waals surface area contributed by atoms with Crippen molar-refractivity contribution in [2.45, 2.75) is 45.4 Å². The molecule has 2 N–H and O–H groups in total. The van der Waals surface area contributed by atoms with E-state index >= 15 is 0 Å². The number of halogens is 1. The molecule has 1 aliphatic rings. The van der Waals surface area contributed by atoms with E-state index < -0.39 is 0 Å². The van der Waals surface area contributed by atoms with E-state index in [2.05, 4.69) is 49.9 Å². The van der Waals surface area contributed by atoms with E-state index in [1.807, 2.05) is 31.5 Å². The minimum Gasteiger partial charge on any atom is -0.353 e. The first kappa shape index (κ1) is 25.0. The molecule has 0 bridgehead atoms. The van der Waals surface area contributed by atoms with E-state index in [4.69, 9.17) is 0 Å². The number of aromatic nitrogens is 5. The highest BCUT2D eigenvalue weighted by atomic mass is 19.1. The van der Waals surface area contributed by atoms with Crippen LogP contribution in [0.3, 0.4) is 0 Å². The Kier molecular flexibility index (Phi) is 6.93. The number of aromatic amines is 2. The van der Waals surface area contributed by atoms with Gasteiger partial charge in [-0.1, -0.05) is 44.8 Å². The number of pyridine rings is 2. The minimum absolute atomic E-state index is 0.268. The van der Waals surface area contributed by atoms with Gasteiger partial charge in [-0.15, -0.1) is 0 Å². The summed E-state index contributed by atoms with van der Waals surface area (Å²) in [5.74, 6) is 0.488. The monoisotopic (exact) mass is 517 g/mol. The van der Waals surface area contributed by atoms with Gasteiger partial charge in [-0.3, -0.25) is 15.1 Å². The second-order valence-electron chi connectivity index (χ2n) is 10.5. The molecule has 6 rings (SSSR count). The van der Waals surface area contributed by atoms with Crippen LogP contribution < -0.4 is 10.6 Å². The van der Waals surface area contributed by atoms with Crippen LogP contribution in [-0.4, -0.2) is 25.1 Å². The topological polar surface area (TPSA) is 70.2 Å². The Morgan fingerprint density at radius 1 is 1.05 bits per heavy atom. The van der Waals surface area contributed by atoms with Gasteiger partial charge < -0.3 is 4.98 Å². The molecule has 0 saturated heterocycles. The molecule has 4 aromatic heterocycles. The molecule has 1 aromatic carbocycles. The van der Waals surface area contributed by atoms with Crippen molar-refractivity contribution < 1.29 is 4.39 Å². The number of allylic oxidation sites excluding steroid dienone is 1. The number of benzene rings is 1. The maximum Gasteiger partial charge on any atom is 0.123 e. The predicted molar refractivity (Wildman–Crippen MR) is 156 cm³/mol. The summed E-state index contributed by atoms with van der Waals surface area (Å²) < 4.78 is 13.5. The van der Waals surface area contributed by atoms with Crippen LogP contribution in [0.4, 0.5) is 4.39 Å². The fourth-order valence-corrected chi connectivity index (χ4v) is 5.71. The largest absolute Gasteiger partial charge is 0.353 e. The first-order valence-electron chi connectivity index (χ1n) is 13.7. The van der Waals surface area contributed by atoms with Gasteiger partial charge in [0.2, 0.25) is 0 Å². The first-order valence-corrected chi connectivity index (χ1v) is 13.7. The molecule has 1 fully saturated rings. The Labute approximate surface area is 227 Å². The van der Waals surface area contributed by atoms with Gasteiger partial charge in [-0.05, 0) is 84.5 Å². The number of fused-ring (bicyclic) bond motifs is 1. The summed E-state index contributed by atoms with van der Waals surface area (Å²) in [5, 5.41) is 10.7. The van der Waals surface area contributed by atoms with Crippen LogP contribution in [-0.2, 0) is 6.42 Å². The number of hydrogen-bond acceptors (Lipinski definition) is 3. The van der Waals surface area contributed by atoms with Crippen LogP contribution >= 0.6 is 0 Å². The van der Waals surface area contributed by atoms with Crippen LogP contribution in [0.5, 0.6) is 0 Å². The van der Waals surface area contributed by atoms with Gasteiger partial charge >= 0.3 is 0 Å². The summed E-state index contributed by atoms with van der Waals surface area (Å²) in [4.78, 5) is 12.6. The van der Waals surface area contributed by atoms with Gasteiger partial charge in [0.1, 0.15) is 11.5 Å². The zero-order valence-electron chi connectivity index (χ0n) is 22.2. The molecular formula is C33H32FN5. The van der Waals surface area contributed by atoms with E-state index in [1.54, 1.807) is 18.3 Å². The third-order valence-electron chi connectivity index (χ3n) is 7.78. The zero-order chi connectivity index (χ0) is 26.8. The summed E-state index contributed by atoms with van der Waals surface area (Å²) in [5.41, 5.74) is 7.46. The van der Waals surface area contributed by atoms with E-state index in [0.717, 1.165) is 67.6 Å². The lowest BCUT2D eigenvalue weighted by atomic mass is 9.85. The van der Waals surface area contributed by atoms with Gasteiger partial charge in [0.25, 0.3) is 0 Å². The summed E-state index contributed by atoms with van der Waals surface area (Å²) >= 11 is 0. The van der Waals surface area contributed by atoms with E-state index in [9.17, 15) is 4.39 Å². The Bertz CT molecular complexity index is 1750. The van der Waals surface area contributed by atoms with Gasteiger partial charge in [0.15, 0.2) is 0 Å². The van der Waals surface area contributed by atoms with Crippen LogP contribution in [0, 0.1) is 11.7 Å². The van der Waals surface area contributed by atoms with Gasteiger partial charge in [-0.25, -0.2) is 4.39 Å². The van der Waals surface area contributed by atoms with E-state index in [-0.39, 0.29) is 5.82 Å². The molecule has 1 aliphatic carbocycles. The van der Waals surface area contributed by atoms with Crippen molar-refractivity contribution in [3.8, 4) is 22.6 Å². The molecule has 39 heavy (non-hydrogen) atoms. The quantitative estimate of drug-likeness (QED) is 0.268. The van der Waals surface area contributed by atoms with Crippen molar-refractivity contribution >= 4 is 28.6 Å². The van der Waals surface area contributed by atoms with Crippen molar-refractivity contribution in [2.24, 2.45) is 5.92 Å². The molecule has 1 saturated carbocycles. The summed E-state index contributed by atoms with van der Waals surface area (Å²) in [6.07, 6.45) is 17.5. The fraction of sp³-hybridized carbons (Fsp3) is 0.242. The highest BCUT2D eigenvalue weighted by molar-refractivity contribution is 5.96. The van der Waals surface area contributed by atoms with Crippen LogP contribution in [0.15, 0.2) is 67.6 Å². The SMILES string of the molecule is C=C(/C=c1/c(-c2cc3c(-c4ccc(F)cc4)nccc3[nH]2)n[nH]/c1=C/C)c1cncc(CC2CCCCC2)c1. The third kappa shape index (κ3) is 5.19. The molecule has 0 atom stereocenters. The highest BCUT2D eigenvalue weighted by Gasteiger charge is 2.16. The minimum atomic E-state index is -0.268. The molecule has 0 spiro atoms. The van der Waals surface area contributed by atoms with Crippen molar-refractivity contribution in [1.29, 1.82) is 0 Å². The Balaban J connectivity index is 1.37. The molecule has 5 nitrogen and oxygen atoms in total. The molecule has 0 radical (unpaired) electrons. The first-order chi connectivity index (χ1) is 19.1. The molecule has 0 aliphatic heterocycles. The molecule has 6 heteroatoms. The number of nitrogens with zero attached hydrogens (tertiary/aromatic N) is 3. The predicted octanol–water partition coefficient (Wildman–Crippen LogP) is 6.57. The Morgan fingerprint density at radius 2 is 1.87 bits per heavy atom. The highest BCUT2D eigenvalue weighted by Crippen LogP contribution is 2.30. The lowest BCUT2D eigenvalue weighted by Crippen LogP contribution is -2.23. The van der Waals surface area contributed by atoms with Gasteiger partial charge in [-0.2, -0.15) is 5.10 Å². The zero-order valence-corrected chi connectivity index (χ0v) is 22.2. The average Bonchev–Trinajstić information content (AvgIpc) is 3.58. The summed E-state index contributed by atoms with van der Waals surface area (Å²) in [7, 11) is 0. The molecule has 5 aromatic rings. The Morgan fingerprint density at radius 3 is 2.67 bits per heavy atom. The lowest BCUT2D eigenvalue weighted by molar-refractivity contribution is 0.356. The van der Waals surface area contributed by atoms with Crippen LogP contribution in [0.2, 0.25) is 0 Å². The smallest absolute Gasteiger partial charge is 0.123 e. The van der Waals surface area contributed by atoms with Gasteiger partial charge in [0, 0.05) is 40.3 Å². The van der Waals surface area contributed by atoms with Crippen molar-refractivity contribution in [3.05, 3.63) is 95.1 Å². The summed E-state index contributed by atoms with van der Waals surface area (Å²) in [6.45, 7) is 6.39. The second-order valence-corrected chi connectivity index (χ2v) is 10.5. The van der Waals surface area contributed by atoms with Crippen LogP contribution in [0.1, 0.15) is 50.2 Å². The van der Waals surface area contributed by atoms with Gasteiger partial charge in [0.05, 0.1) is 16.7 Å². The van der Waals surface area contributed by atoms with Crippen LogP contribution in [0.25, 0.3) is 51.3 Å². The number of H-pyrrole nitrogens is 2. The molecule has 0 amide bonds. The number of nitrogens with one attached hydrogen (secondary N) is 2. The molecular weight excluding hydrogens is 485 g/mol. The molecule has 196 valence electrons. The third-order valence-corrected chi connectivity index (χ3v) is 7.78. The number of hydrogen-bond donors (Lipinski definition) is 2. The summed E-state index contributed by atoms with van der Waals surface area (Å²) in [6, 6.07) is 12.7. The fourth-order valence-electron chi connectivity index (χ4n) is 5.71.